The van der Waals surface area contributed by atoms with E-state index in [1.54, 1.807) is 28.6 Å². The Morgan fingerprint density at radius 3 is 2.37 bits per heavy atom. The Morgan fingerprint density at radius 1 is 1.07 bits per heavy atom. The molecule has 0 spiro atoms. The molecule has 144 valence electrons. The van der Waals surface area contributed by atoms with Crippen LogP contribution in [0.15, 0.2) is 46.9 Å². The minimum Gasteiger partial charge on any atom is -0.322 e. The Balaban J connectivity index is 1.65. The molecular weight excluding hydrogens is 428 g/mol. The quantitative estimate of drug-likeness (QED) is 0.736. The zero-order valence-electron chi connectivity index (χ0n) is 15.2. The summed E-state index contributed by atoms with van der Waals surface area (Å²) in [5, 5.41) is 2.86. The third kappa shape index (κ3) is 5.18. The Bertz CT molecular complexity index is 921. The number of aryl methyl sites for hydroxylation is 1. The van der Waals surface area contributed by atoms with Crippen LogP contribution in [0.3, 0.4) is 0 Å². The molecule has 7 heteroatoms. The average Bonchev–Trinajstić information content (AvgIpc) is 2.66. The van der Waals surface area contributed by atoms with Gasteiger partial charge in [0.05, 0.1) is 5.75 Å². The van der Waals surface area contributed by atoms with Gasteiger partial charge in [-0.15, -0.1) is 0 Å². The van der Waals surface area contributed by atoms with Crippen molar-refractivity contribution in [3.8, 4) is 0 Å². The highest BCUT2D eigenvalue weighted by Gasteiger charge is 2.24. The van der Waals surface area contributed by atoms with Crippen molar-refractivity contribution >= 4 is 37.5 Å². The lowest BCUT2D eigenvalue weighted by molar-refractivity contribution is 0.102. The van der Waals surface area contributed by atoms with Crippen LogP contribution < -0.4 is 5.32 Å². The Kier molecular flexibility index (Phi) is 6.34. The number of nitrogens with zero attached hydrogens (tertiary/aromatic N) is 1. The standard InChI is InChI=1S/C20H23BrN2O3S/c1-15-13-18(9-10-19(15)21)22-20(24)17-7-5-16(6-8-17)14-27(25,26)23-11-3-2-4-12-23/h5-10,13H,2-4,11-12,14H2,1H3,(H,22,24). The smallest absolute Gasteiger partial charge is 0.255 e. The summed E-state index contributed by atoms with van der Waals surface area (Å²) in [5.74, 6) is -0.247. The van der Waals surface area contributed by atoms with Crippen LogP contribution in [0, 0.1) is 6.92 Å². The van der Waals surface area contributed by atoms with E-state index in [1.165, 1.54) is 0 Å². The van der Waals surface area contributed by atoms with E-state index in [-0.39, 0.29) is 11.7 Å². The maximum atomic E-state index is 12.5. The molecule has 1 N–H and O–H groups in total. The summed E-state index contributed by atoms with van der Waals surface area (Å²) in [7, 11) is -3.30. The second-order valence-electron chi connectivity index (χ2n) is 6.83. The van der Waals surface area contributed by atoms with Crippen LogP contribution in [0.1, 0.15) is 40.7 Å². The number of hydrogen-bond acceptors (Lipinski definition) is 3. The van der Waals surface area contributed by atoms with Gasteiger partial charge in [-0.1, -0.05) is 34.5 Å². The van der Waals surface area contributed by atoms with E-state index < -0.39 is 10.0 Å². The highest BCUT2D eigenvalue weighted by molar-refractivity contribution is 9.10. The molecule has 1 aliphatic rings. The highest BCUT2D eigenvalue weighted by atomic mass is 79.9. The number of carbonyl (C=O) groups is 1. The van der Waals surface area contributed by atoms with E-state index in [4.69, 9.17) is 0 Å². The molecule has 0 saturated carbocycles. The monoisotopic (exact) mass is 450 g/mol. The molecule has 0 bridgehead atoms. The van der Waals surface area contributed by atoms with Gasteiger partial charge in [-0.3, -0.25) is 4.79 Å². The molecule has 2 aromatic carbocycles. The number of benzene rings is 2. The maximum Gasteiger partial charge on any atom is 0.255 e. The minimum absolute atomic E-state index is 0.0270. The summed E-state index contributed by atoms with van der Waals surface area (Å²) in [6.45, 7) is 3.17. The van der Waals surface area contributed by atoms with Gasteiger partial charge in [0.25, 0.3) is 5.91 Å². The van der Waals surface area contributed by atoms with Crippen molar-refractivity contribution in [2.75, 3.05) is 18.4 Å². The van der Waals surface area contributed by atoms with E-state index in [0.717, 1.165) is 35.0 Å². The second-order valence-corrected chi connectivity index (χ2v) is 9.65. The van der Waals surface area contributed by atoms with Gasteiger partial charge in [0, 0.05) is 28.8 Å². The first-order valence-electron chi connectivity index (χ1n) is 8.99. The molecule has 1 heterocycles. The SMILES string of the molecule is Cc1cc(NC(=O)c2ccc(CS(=O)(=O)N3CCCCC3)cc2)ccc1Br. The van der Waals surface area contributed by atoms with Gasteiger partial charge >= 0.3 is 0 Å². The van der Waals surface area contributed by atoms with Gasteiger partial charge in [0.2, 0.25) is 10.0 Å². The number of hydrogen-bond donors (Lipinski definition) is 1. The van der Waals surface area contributed by atoms with Crippen LogP contribution in [-0.4, -0.2) is 31.7 Å². The van der Waals surface area contributed by atoms with Gasteiger partial charge in [0.1, 0.15) is 0 Å². The van der Waals surface area contributed by atoms with Crippen molar-refractivity contribution in [3.63, 3.8) is 0 Å². The first-order chi connectivity index (χ1) is 12.8. The van der Waals surface area contributed by atoms with E-state index in [1.807, 2.05) is 25.1 Å². The average molecular weight is 451 g/mol. The number of sulfonamides is 1. The maximum absolute atomic E-state index is 12.5. The number of rotatable bonds is 5. The van der Waals surface area contributed by atoms with Crippen LogP contribution in [0.25, 0.3) is 0 Å². The summed E-state index contributed by atoms with van der Waals surface area (Å²) in [6, 6.07) is 12.4. The summed E-state index contributed by atoms with van der Waals surface area (Å²) in [4.78, 5) is 12.4. The number of halogens is 1. The van der Waals surface area contributed by atoms with Gasteiger partial charge < -0.3 is 5.32 Å². The molecule has 1 aliphatic heterocycles. The first-order valence-corrected chi connectivity index (χ1v) is 11.4. The summed E-state index contributed by atoms with van der Waals surface area (Å²) >= 11 is 3.44. The lowest BCUT2D eigenvalue weighted by atomic mass is 10.1. The van der Waals surface area contributed by atoms with Gasteiger partial charge in [-0.2, -0.15) is 0 Å². The van der Waals surface area contributed by atoms with Gasteiger partial charge in [0.15, 0.2) is 0 Å². The van der Waals surface area contributed by atoms with Gasteiger partial charge in [-0.25, -0.2) is 12.7 Å². The second kappa shape index (κ2) is 8.54. The summed E-state index contributed by atoms with van der Waals surface area (Å²) in [5.41, 5.74) is 2.94. The third-order valence-corrected chi connectivity index (χ3v) is 7.43. The number of anilines is 1. The molecule has 0 unspecified atom stereocenters. The lowest BCUT2D eigenvalue weighted by Gasteiger charge is -2.25. The predicted octanol–water partition coefficient (Wildman–Crippen LogP) is 4.33. The Labute approximate surface area is 169 Å². The molecule has 5 nitrogen and oxygen atoms in total. The number of amides is 1. The number of carbonyl (C=O) groups excluding carboxylic acids is 1. The fourth-order valence-corrected chi connectivity index (χ4v) is 4.98. The van der Waals surface area contributed by atoms with E-state index in [0.29, 0.717) is 24.2 Å². The molecule has 2 aromatic rings. The highest BCUT2D eigenvalue weighted by Crippen LogP contribution is 2.21. The van der Waals surface area contributed by atoms with Crippen molar-refractivity contribution in [2.45, 2.75) is 31.9 Å². The van der Waals surface area contributed by atoms with Crippen LogP contribution in [0.4, 0.5) is 5.69 Å². The number of nitrogens with one attached hydrogen (secondary N) is 1. The fourth-order valence-electron chi connectivity index (χ4n) is 3.12. The molecule has 27 heavy (non-hydrogen) atoms. The van der Waals surface area contributed by atoms with Crippen LogP contribution in [0.5, 0.6) is 0 Å². The van der Waals surface area contributed by atoms with E-state index >= 15 is 0 Å². The zero-order chi connectivity index (χ0) is 19.4. The number of piperidine rings is 1. The molecule has 3 rings (SSSR count). The topological polar surface area (TPSA) is 66.5 Å². The molecule has 1 saturated heterocycles. The zero-order valence-corrected chi connectivity index (χ0v) is 17.6. The molecule has 0 aliphatic carbocycles. The Hall–Kier alpha value is -1.70. The largest absolute Gasteiger partial charge is 0.322 e. The third-order valence-electron chi connectivity index (χ3n) is 4.69. The van der Waals surface area contributed by atoms with Crippen molar-refractivity contribution in [1.29, 1.82) is 0 Å². The van der Waals surface area contributed by atoms with Crippen molar-refractivity contribution < 1.29 is 13.2 Å². The molecule has 0 atom stereocenters. The van der Waals surface area contributed by atoms with Crippen molar-refractivity contribution in [3.05, 3.63) is 63.6 Å². The van der Waals surface area contributed by atoms with E-state index in [9.17, 15) is 13.2 Å². The normalized spacial score (nSPS) is 15.5. The fraction of sp³-hybridized carbons (Fsp3) is 0.350. The van der Waals surface area contributed by atoms with E-state index in [2.05, 4.69) is 21.2 Å². The molecule has 0 aromatic heterocycles. The summed E-state index contributed by atoms with van der Waals surface area (Å²) in [6.07, 6.45) is 2.94. The molecule has 1 fully saturated rings. The van der Waals surface area contributed by atoms with Crippen LogP contribution >= 0.6 is 15.9 Å². The van der Waals surface area contributed by atoms with Crippen LogP contribution in [0.2, 0.25) is 0 Å². The Morgan fingerprint density at radius 2 is 1.74 bits per heavy atom. The predicted molar refractivity (Wildman–Crippen MR) is 111 cm³/mol. The lowest BCUT2D eigenvalue weighted by Crippen LogP contribution is -2.36. The minimum atomic E-state index is -3.30. The van der Waals surface area contributed by atoms with Gasteiger partial charge in [-0.05, 0) is 61.2 Å². The first kappa shape index (κ1) is 20.0. The van der Waals surface area contributed by atoms with Crippen molar-refractivity contribution in [2.24, 2.45) is 0 Å². The summed E-state index contributed by atoms with van der Waals surface area (Å²) < 4.78 is 27.6. The molecule has 1 amide bonds. The molecule has 0 radical (unpaired) electrons. The van der Waals surface area contributed by atoms with Crippen LogP contribution in [-0.2, 0) is 15.8 Å². The van der Waals surface area contributed by atoms with Crippen molar-refractivity contribution in [1.82, 2.24) is 4.31 Å². The molecular formula is C20H23BrN2O3S.